The van der Waals surface area contributed by atoms with Crippen LogP contribution < -0.4 is 15.4 Å². The van der Waals surface area contributed by atoms with Gasteiger partial charge in [0, 0.05) is 30.9 Å². The summed E-state index contributed by atoms with van der Waals surface area (Å²) in [7, 11) is 0. The van der Waals surface area contributed by atoms with Gasteiger partial charge in [0.25, 0.3) is 5.91 Å². The van der Waals surface area contributed by atoms with Crippen molar-refractivity contribution in [2.45, 2.75) is 19.8 Å². The standard InChI is InChI=1S/C23H29N3O4/c1-2-29-15-16-30-21-8-4-3-7-20(21)25-22(27)17-24-19-11-9-18(10-12-19)23(28)26-13-5-6-14-26/h3-4,7-12,24H,2,5-6,13-17H2,1H3,(H,25,27). The molecular formula is C23H29N3O4. The molecule has 1 heterocycles. The van der Waals surface area contributed by atoms with E-state index in [1.165, 1.54) is 0 Å². The molecule has 0 saturated carbocycles. The molecule has 30 heavy (non-hydrogen) atoms. The van der Waals surface area contributed by atoms with Crippen LogP contribution in [0.25, 0.3) is 0 Å². The largest absolute Gasteiger partial charge is 0.489 e. The minimum Gasteiger partial charge on any atom is -0.489 e. The maximum absolute atomic E-state index is 12.4. The van der Waals surface area contributed by atoms with Crippen molar-refractivity contribution in [2.24, 2.45) is 0 Å². The lowest BCUT2D eigenvalue weighted by molar-refractivity contribution is -0.114. The third-order valence-corrected chi connectivity index (χ3v) is 4.83. The topological polar surface area (TPSA) is 79.9 Å². The second kappa shape index (κ2) is 11.2. The SMILES string of the molecule is CCOCCOc1ccccc1NC(=O)CNc1ccc(C(=O)N2CCCC2)cc1. The molecule has 7 heteroatoms. The van der Waals surface area contributed by atoms with Crippen molar-refractivity contribution in [3.63, 3.8) is 0 Å². The van der Waals surface area contributed by atoms with Gasteiger partial charge in [0.15, 0.2) is 0 Å². The van der Waals surface area contributed by atoms with Crippen molar-refractivity contribution >= 4 is 23.2 Å². The lowest BCUT2D eigenvalue weighted by Gasteiger charge is -2.15. The predicted molar refractivity (Wildman–Crippen MR) is 117 cm³/mol. The lowest BCUT2D eigenvalue weighted by Crippen LogP contribution is -2.27. The van der Waals surface area contributed by atoms with Gasteiger partial charge in [-0.05, 0) is 56.2 Å². The smallest absolute Gasteiger partial charge is 0.253 e. The number of likely N-dealkylation sites (tertiary alicyclic amines) is 1. The first-order valence-corrected chi connectivity index (χ1v) is 10.4. The number of hydrogen-bond acceptors (Lipinski definition) is 5. The van der Waals surface area contributed by atoms with Gasteiger partial charge in [-0.15, -0.1) is 0 Å². The van der Waals surface area contributed by atoms with Gasteiger partial charge in [-0.1, -0.05) is 12.1 Å². The molecule has 0 aromatic heterocycles. The van der Waals surface area contributed by atoms with Crippen molar-refractivity contribution in [2.75, 3.05) is 50.1 Å². The molecular weight excluding hydrogens is 382 g/mol. The molecule has 1 saturated heterocycles. The highest BCUT2D eigenvalue weighted by molar-refractivity contribution is 5.96. The summed E-state index contributed by atoms with van der Waals surface area (Å²) in [6.45, 7) is 5.25. The van der Waals surface area contributed by atoms with Crippen LogP contribution in [0.5, 0.6) is 5.75 Å². The molecule has 2 N–H and O–H groups in total. The van der Waals surface area contributed by atoms with E-state index >= 15 is 0 Å². The molecule has 2 amide bonds. The average molecular weight is 412 g/mol. The van der Waals surface area contributed by atoms with Crippen molar-refractivity contribution in [1.82, 2.24) is 4.90 Å². The second-order valence-electron chi connectivity index (χ2n) is 7.02. The Bertz CT molecular complexity index is 833. The van der Waals surface area contributed by atoms with Crippen molar-refractivity contribution < 1.29 is 19.1 Å². The number of carbonyl (C=O) groups is 2. The highest BCUT2D eigenvalue weighted by atomic mass is 16.5. The number of hydrogen-bond donors (Lipinski definition) is 2. The van der Waals surface area contributed by atoms with E-state index in [9.17, 15) is 9.59 Å². The van der Waals surface area contributed by atoms with Crippen LogP contribution in [0, 0.1) is 0 Å². The zero-order chi connectivity index (χ0) is 21.2. The third-order valence-electron chi connectivity index (χ3n) is 4.83. The second-order valence-corrected chi connectivity index (χ2v) is 7.02. The van der Waals surface area contributed by atoms with E-state index in [1.807, 2.05) is 42.2 Å². The van der Waals surface area contributed by atoms with Gasteiger partial charge in [-0.3, -0.25) is 9.59 Å². The highest BCUT2D eigenvalue weighted by Crippen LogP contribution is 2.23. The number of anilines is 2. The Balaban J connectivity index is 1.48. The summed E-state index contributed by atoms with van der Waals surface area (Å²) in [6, 6.07) is 14.5. The van der Waals surface area contributed by atoms with Gasteiger partial charge < -0.3 is 25.0 Å². The van der Waals surface area contributed by atoms with Gasteiger partial charge in [-0.2, -0.15) is 0 Å². The number of nitrogens with zero attached hydrogens (tertiary/aromatic N) is 1. The number of amides is 2. The lowest BCUT2D eigenvalue weighted by atomic mass is 10.2. The summed E-state index contributed by atoms with van der Waals surface area (Å²) in [5.74, 6) is 0.487. The molecule has 1 aliphatic rings. The monoisotopic (exact) mass is 411 g/mol. The summed E-state index contributed by atoms with van der Waals surface area (Å²) < 4.78 is 11.0. The van der Waals surface area contributed by atoms with E-state index in [2.05, 4.69) is 10.6 Å². The maximum atomic E-state index is 12.4. The molecule has 2 aromatic rings. The van der Waals surface area contributed by atoms with E-state index in [1.54, 1.807) is 18.2 Å². The number of carbonyl (C=O) groups excluding carboxylic acids is 2. The van der Waals surface area contributed by atoms with Crippen LogP contribution in [-0.2, 0) is 9.53 Å². The number of nitrogens with one attached hydrogen (secondary N) is 2. The van der Waals surface area contributed by atoms with Crippen LogP contribution in [0.4, 0.5) is 11.4 Å². The van der Waals surface area contributed by atoms with Gasteiger partial charge in [0.05, 0.1) is 18.8 Å². The molecule has 7 nitrogen and oxygen atoms in total. The fourth-order valence-electron chi connectivity index (χ4n) is 3.26. The third kappa shape index (κ3) is 6.22. The number of ether oxygens (including phenoxy) is 2. The molecule has 160 valence electrons. The maximum Gasteiger partial charge on any atom is 0.253 e. The Hall–Kier alpha value is -3.06. The first-order chi connectivity index (χ1) is 14.7. The zero-order valence-corrected chi connectivity index (χ0v) is 17.4. The van der Waals surface area contributed by atoms with Crippen LogP contribution in [0.15, 0.2) is 48.5 Å². The Morgan fingerprint density at radius 3 is 2.47 bits per heavy atom. The normalized spacial score (nSPS) is 13.2. The summed E-state index contributed by atoms with van der Waals surface area (Å²) in [5, 5.41) is 5.94. The Kier molecular flexibility index (Phi) is 8.09. The molecule has 1 aliphatic heterocycles. The van der Waals surface area contributed by atoms with Gasteiger partial charge >= 0.3 is 0 Å². The van der Waals surface area contributed by atoms with E-state index < -0.39 is 0 Å². The minimum absolute atomic E-state index is 0.0673. The minimum atomic E-state index is -0.187. The fraction of sp³-hybridized carbons (Fsp3) is 0.391. The summed E-state index contributed by atoms with van der Waals surface area (Å²) in [4.78, 5) is 26.6. The molecule has 0 bridgehead atoms. The first kappa shape index (κ1) is 21.6. The van der Waals surface area contributed by atoms with Crippen molar-refractivity contribution in [1.29, 1.82) is 0 Å². The summed E-state index contributed by atoms with van der Waals surface area (Å²) >= 11 is 0. The quantitative estimate of drug-likeness (QED) is 0.586. The summed E-state index contributed by atoms with van der Waals surface area (Å²) in [5.41, 5.74) is 2.07. The molecule has 0 unspecified atom stereocenters. The van der Waals surface area contributed by atoms with E-state index in [0.717, 1.165) is 31.6 Å². The Labute approximate surface area is 177 Å². The van der Waals surface area contributed by atoms with E-state index in [4.69, 9.17) is 9.47 Å². The van der Waals surface area contributed by atoms with Crippen LogP contribution in [0.2, 0.25) is 0 Å². The number of rotatable bonds is 10. The molecule has 0 radical (unpaired) electrons. The van der Waals surface area contributed by atoms with Crippen LogP contribution in [-0.4, -0.2) is 56.2 Å². The average Bonchev–Trinajstić information content (AvgIpc) is 3.31. The zero-order valence-electron chi connectivity index (χ0n) is 17.4. The molecule has 1 fully saturated rings. The van der Waals surface area contributed by atoms with Crippen LogP contribution in [0.3, 0.4) is 0 Å². The van der Waals surface area contributed by atoms with E-state index in [-0.39, 0.29) is 18.4 Å². The van der Waals surface area contributed by atoms with Crippen LogP contribution in [0.1, 0.15) is 30.1 Å². The Morgan fingerprint density at radius 1 is 1.00 bits per heavy atom. The summed E-state index contributed by atoms with van der Waals surface area (Å²) in [6.07, 6.45) is 2.14. The van der Waals surface area contributed by atoms with Crippen LogP contribution >= 0.6 is 0 Å². The van der Waals surface area contributed by atoms with Gasteiger partial charge in [-0.25, -0.2) is 0 Å². The molecule has 0 atom stereocenters. The first-order valence-electron chi connectivity index (χ1n) is 10.4. The molecule has 0 spiro atoms. The highest BCUT2D eigenvalue weighted by Gasteiger charge is 2.19. The van der Waals surface area contributed by atoms with E-state index in [0.29, 0.717) is 36.8 Å². The molecule has 0 aliphatic carbocycles. The fourth-order valence-corrected chi connectivity index (χ4v) is 3.26. The number of para-hydroxylation sites is 2. The van der Waals surface area contributed by atoms with Crippen molar-refractivity contribution in [3.8, 4) is 5.75 Å². The molecule has 3 rings (SSSR count). The van der Waals surface area contributed by atoms with Gasteiger partial charge in [0.2, 0.25) is 5.91 Å². The molecule has 2 aromatic carbocycles. The Morgan fingerprint density at radius 2 is 1.73 bits per heavy atom. The van der Waals surface area contributed by atoms with Gasteiger partial charge in [0.1, 0.15) is 12.4 Å². The number of benzene rings is 2. The predicted octanol–water partition coefficient (Wildman–Crippen LogP) is 3.39. The van der Waals surface area contributed by atoms with Crippen molar-refractivity contribution in [3.05, 3.63) is 54.1 Å².